The van der Waals surface area contributed by atoms with Gasteiger partial charge in [0.2, 0.25) is 0 Å². The summed E-state index contributed by atoms with van der Waals surface area (Å²) >= 11 is 0. The van der Waals surface area contributed by atoms with E-state index in [9.17, 15) is 0 Å². The maximum atomic E-state index is 6.75. The molecule has 0 amide bonds. The van der Waals surface area contributed by atoms with Gasteiger partial charge in [-0.3, -0.25) is 24.6 Å². The zero-order valence-electron chi connectivity index (χ0n) is 10.2. The van der Waals surface area contributed by atoms with E-state index in [-0.39, 0.29) is 0 Å². The summed E-state index contributed by atoms with van der Waals surface area (Å²) < 4.78 is 0. The Hall–Kier alpha value is -4.23. The summed E-state index contributed by atoms with van der Waals surface area (Å²) in [4.78, 5) is 7.50. The molecular formula is C6H6N15-5. The molecule has 0 heterocycles. The molecule has 0 radical (unpaired) electrons. The molecule has 0 unspecified atom stereocenters. The number of nitrogens with zero attached hydrogens (tertiary/aromatic N) is 15. The minimum atomic E-state index is 1.50. The van der Waals surface area contributed by atoms with E-state index in [1.54, 1.807) is 0 Å². The first kappa shape index (κ1) is 30.1. The molecule has 0 atom stereocenters. The summed E-state index contributed by atoms with van der Waals surface area (Å²) in [7, 11) is 0. The molecule has 15 heteroatoms. The van der Waals surface area contributed by atoms with Crippen molar-refractivity contribution in [1.29, 1.82) is 0 Å². The predicted molar refractivity (Wildman–Crippen MR) is 76.8 cm³/mol. The molecule has 21 heavy (non-hydrogen) atoms. The minimum Gasteiger partial charge on any atom is -0.373 e. The average molecular weight is 288 g/mol. The Morgan fingerprint density at radius 3 is 0.381 bits per heavy atom. The zero-order valence-corrected chi connectivity index (χ0v) is 10.2. The lowest BCUT2D eigenvalue weighted by Gasteiger charge is -1.69. The third-order valence-electron chi connectivity index (χ3n) is 0.667. The molecule has 0 bridgehead atoms. The summed E-state index contributed by atoms with van der Waals surface area (Å²) in [5.74, 6) is 0. The first-order valence-corrected chi connectivity index (χ1v) is 4.00. The van der Waals surface area contributed by atoms with Gasteiger partial charge in [0.15, 0.2) is 0 Å². The van der Waals surface area contributed by atoms with Crippen LogP contribution >= 0.6 is 0 Å². The molecule has 1 rings (SSSR count). The Kier molecular flexibility index (Phi) is 108. The van der Waals surface area contributed by atoms with E-state index in [0.717, 1.165) is 0 Å². The van der Waals surface area contributed by atoms with Gasteiger partial charge in [0.25, 0.3) is 0 Å². The maximum absolute atomic E-state index is 6.75. The van der Waals surface area contributed by atoms with Crippen molar-refractivity contribution in [2.24, 2.45) is 0 Å². The first-order chi connectivity index (χ1) is 10.1. The summed E-state index contributed by atoms with van der Waals surface area (Å²) in [5, 5.41) is 0. The standard InChI is InChI=1S/C6H6.5N3/c1-2-4-6-5-3-1;5*1-3-2/h1-6H;;;;;/q;5*-1. The van der Waals surface area contributed by atoms with Crippen molar-refractivity contribution >= 4 is 0 Å². The molecule has 0 N–H and O–H groups in total. The second-order valence-electron chi connectivity index (χ2n) is 1.60. The van der Waals surface area contributed by atoms with Crippen molar-refractivity contribution < 1.29 is 0 Å². The van der Waals surface area contributed by atoms with E-state index >= 15 is 0 Å². The van der Waals surface area contributed by atoms with Crippen LogP contribution in [0.15, 0.2) is 36.4 Å². The van der Waals surface area contributed by atoms with E-state index in [1.165, 1.54) is 24.6 Å². The summed E-state index contributed by atoms with van der Waals surface area (Å²) in [6, 6.07) is 12.0. The SMILES string of the molecule is [N-]=[N+]=[N-].[N-]=[N+]=[N-].[N-]=[N+]=[N-].[N-]=[N+]=[N-].[N-]=[N+]=[N-].c1ccccc1. The molecule has 110 valence electrons. The van der Waals surface area contributed by atoms with Crippen LogP contribution in [0, 0.1) is 0 Å². The fraction of sp³-hybridized carbons (Fsp3) is 0. The van der Waals surface area contributed by atoms with Crippen LogP contribution in [0.4, 0.5) is 0 Å². The van der Waals surface area contributed by atoms with Crippen LogP contribution in [-0.4, -0.2) is 0 Å². The molecule has 1 aromatic rings. The topological polar surface area (TPSA) is 294 Å². The van der Waals surface area contributed by atoms with E-state index < -0.39 is 0 Å². The Labute approximate surface area is 117 Å². The zero-order chi connectivity index (χ0) is 17.8. The molecule has 15 nitrogen and oxygen atoms in total. The van der Waals surface area contributed by atoms with Gasteiger partial charge in [0.05, 0.1) is 0 Å². The summed E-state index contributed by atoms with van der Waals surface area (Å²) in [5.41, 5.74) is 67.5. The third-order valence-corrected chi connectivity index (χ3v) is 0.667. The molecule has 1 aromatic carbocycles. The Balaban J connectivity index is -0.0000000510. The van der Waals surface area contributed by atoms with E-state index in [2.05, 4.69) is 0 Å². The molecular weight excluding hydrogens is 282 g/mol. The normalized spacial score (nSPS) is 4.19. The highest BCUT2D eigenvalue weighted by atomic mass is 15.0. The summed E-state index contributed by atoms with van der Waals surface area (Å²) in [6.07, 6.45) is 0. The Morgan fingerprint density at radius 1 is 0.286 bits per heavy atom. The van der Waals surface area contributed by atoms with Gasteiger partial charge in [0, 0.05) is 0 Å². The molecule has 0 saturated carbocycles. The van der Waals surface area contributed by atoms with Gasteiger partial charge in [-0.1, -0.05) is 36.4 Å². The fourth-order valence-corrected chi connectivity index (χ4v) is 0.385. The van der Waals surface area contributed by atoms with Gasteiger partial charge in [-0.05, 0) is 0 Å². The average Bonchev–Trinajstić information content (AvgIpc) is 2.45. The third kappa shape index (κ3) is 954. The van der Waals surface area contributed by atoms with Crippen molar-refractivity contribution in [2.45, 2.75) is 0 Å². The van der Waals surface area contributed by atoms with Crippen LogP contribution < -0.4 is 0 Å². The molecule has 0 aromatic heterocycles. The predicted octanol–water partition coefficient (Wildman–Crippen LogP) is 6.02. The van der Waals surface area contributed by atoms with Crippen molar-refractivity contribution in [3.63, 3.8) is 0 Å². The van der Waals surface area contributed by atoms with Gasteiger partial charge >= 0.3 is 0 Å². The maximum Gasteiger partial charge on any atom is -0.0623 e. The Morgan fingerprint density at radius 2 is 0.333 bits per heavy atom. The summed E-state index contributed by atoms with van der Waals surface area (Å²) in [6.45, 7) is 0. The number of benzene rings is 1. The molecule has 0 aliphatic carbocycles. The molecule has 0 spiro atoms. The van der Waals surface area contributed by atoms with E-state index in [0.29, 0.717) is 0 Å². The quantitative estimate of drug-likeness (QED) is 0.300. The highest BCUT2D eigenvalue weighted by Gasteiger charge is 1.57. The Bertz CT molecular complexity index is 350. The van der Waals surface area contributed by atoms with Crippen LogP contribution in [0.3, 0.4) is 0 Å². The van der Waals surface area contributed by atoms with Gasteiger partial charge in [0.1, 0.15) is 0 Å². The van der Waals surface area contributed by atoms with Gasteiger partial charge in [-0.25, -0.2) is 0 Å². The lowest BCUT2D eigenvalue weighted by Crippen LogP contribution is -1.47. The van der Waals surface area contributed by atoms with Gasteiger partial charge < -0.3 is 55.3 Å². The second kappa shape index (κ2) is 75.1. The van der Waals surface area contributed by atoms with Crippen LogP contribution in [-0.2, 0) is 0 Å². The highest BCUT2D eigenvalue weighted by molar-refractivity contribution is 4.99. The highest BCUT2D eigenvalue weighted by Crippen LogP contribution is 1.79. The van der Waals surface area contributed by atoms with Crippen LogP contribution in [0.5, 0.6) is 0 Å². The molecule has 0 fully saturated rings. The second-order valence-corrected chi connectivity index (χ2v) is 1.60. The lowest BCUT2D eigenvalue weighted by atomic mass is 10.4. The fourth-order valence-electron chi connectivity index (χ4n) is 0.385. The van der Waals surface area contributed by atoms with Crippen molar-refractivity contribution in [3.8, 4) is 0 Å². The van der Waals surface area contributed by atoms with Crippen molar-refractivity contribution in [1.82, 2.24) is 0 Å². The van der Waals surface area contributed by atoms with E-state index in [1.807, 2.05) is 36.4 Å². The van der Waals surface area contributed by atoms with E-state index in [4.69, 9.17) is 55.3 Å². The molecule has 0 aliphatic rings. The number of hydrogen-bond donors (Lipinski definition) is 0. The smallest absolute Gasteiger partial charge is 0.0623 e. The van der Waals surface area contributed by atoms with Gasteiger partial charge in [-0.2, -0.15) is 0 Å². The minimum absolute atomic E-state index is 1.50. The molecule has 0 saturated heterocycles. The number of rotatable bonds is 0. The largest absolute Gasteiger partial charge is 0.373 e. The van der Waals surface area contributed by atoms with Crippen LogP contribution in [0.1, 0.15) is 0 Å². The van der Waals surface area contributed by atoms with Gasteiger partial charge in [-0.15, -0.1) is 0 Å². The first-order valence-electron chi connectivity index (χ1n) is 4.00. The number of hydrogen-bond acceptors (Lipinski definition) is 0. The lowest BCUT2D eigenvalue weighted by molar-refractivity contribution is 1.72. The monoisotopic (exact) mass is 288 g/mol. The molecule has 0 aliphatic heterocycles. The van der Waals surface area contributed by atoms with Crippen LogP contribution in [0.2, 0.25) is 0 Å². The van der Waals surface area contributed by atoms with Crippen molar-refractivity contribution in [3.05, 3.63) is 116 Å². The van der Waals surface area contributed by atoms with Crippen molar-refractivity contribution in [2.75, 3.05) is 0 Å². The van der Waals surface area contributed by atoms with Crippen LogP contribution in [0.25, 0.3) is 79.9 Å².